The van der Waals surface area contributed by atoms with Gasteiger partial charge in [0.05, 0.1) is 44.0 Å². The van der Waals surface area contributed by atoms with Crippen LogP contribution in [0.4, 0.5) is 5.69 Å². The van der Waals surface area contributed by atoms with E-state index in [0.29, 0.717) is 41.4 Å². The summed E-state index contributed by atoms with van der Waals surface area (Å²) in [7, 11) is 4.57. The molecule has 0 aliphatic rings. The van der Waals surface area contributed by atoms with Gasteiger partial charge in [0.15, 0.2) is 24.0 Å². The first-order chi connectivity index (χ1) is 14.5. The van der Waals surface area contributed by atoms with Crippen molar-refractivity contribution in [3.05, 3.63) is 57.6 Å². The molecule has 0 heterocycles. The van der Waals surface area contributed by atoms with E-state index in [1.165, 1.54) is 39.5 Å². The van der Waals surface area contributed by atoms with Crippen LogP contribution in [-0.2, 0) is 9.47 Å². The van der Waals surface area contributed by atoms with Crippen molar-refractivity contribution in [1.82, 2.24) is 0 Å². The normalized spacial score (nSPS) is 10.9. The fraction of sp³-hybridized carbons (Fsp3) is 0.286. The van der Waals surface area contributed by atoms with Gasteiger partial charge in [-0.05, 0) is 47.5 Å². The molecule has 30 heavy (non-hydrogen) atoms. The minimum absolute atomic E-state index is 0.0377. The standard InChI is InChI=1S/C21H22N2O7/c1-26-8-9-29-14-30-20-11-15(4-6-18(20)23(24)25)10-17(13-22)16-5-7-19(27-2)21(12-16)28-3/h4-7,10-12H,8-9,14H2,1-3H3. The molecule has 0 bridgehead atoms. The maximum Gasteiger partial charge on any atom is 0.311 e. The first-order valence-corrected chi connectivity index (χ1v) is 8.86. The average Bonchev–Trinajstić information content (AvgIpc) is 2.76. The highest BCUT2D eigenvalue weighted by Gasteiger charge is 2.16. The number of benzene rings is 2. The fourth-order valence-electron chi connectivity index (χ4n) is 2.54. The van der Waals surface area contributed by atoms with Gasteiger partial charge in [0.25, 0.3) is 0 Å². The second-order valence-electron chi connectivity index (χ2n) is 5.89. The van der Waals surface area contributed by atoms with Gasteiger partial charge >= 0.3 is 5.69 Å². The zero-order valence-electron chi connectivity index (χ0n) is 16.9. The molecular formula is C21H22N2O7. The van der Waals surface area contributed by atoms with Gasteiger partial charge in [-0.2, -0.15) is 5.26 Å². The second kappa shape index (κ2) is 11.4. The van der Waals surface area contributed by atoms with Crippen molar-refractivity contribution in [1.29, 1.82) is 5.26 Å². The molecule has 9 nitrogen and oxygen atoms in total. The second-order valence-corrected chi connectivity index (χ2v) is 5.89. The Labute approximate surface area is 174 Å². The van der Waals surface area contributed by atoms with Gasteiger partial charge in [0.1, 0.15) is 0 Å². The van der Waals surface area contributed by atoms with Crippen LogP contribution in [0.3, 0.4) is 0 Å². The number of nitriles is 1. The smallest absolute Gasteiger partial charge is 0.311 e. The lowest BCUT2D eigenvalue weighted by Gasteiger charge is -2.10. The van der Waals surface area contributed by atoms with Crippen LogP contribution in [0.15, 0.2) is 36.4 Å². The maximum absolute atomic E-state index is 11.3. The van der Waals surface area contributed by atoms with Crippen molar-refractivity contribution < 1.29 is 28.6 Å². The minimum Gasteiger partial charge on any atom is -0.493 e. The summed E-state index contributed by atoms with van der Waals surface area (Å²) in [5.41, 5.74) is 1.30. The van der Waals surface area contributed by atoms with Crippen LogP contribution in [0.25, 0.3) is 11.6 Å². The van der Waals surface area contributed by atoms with Crippen LogP contribution < -0.4 is 14.2 Å². The topological polar surface area (TPSA) is 113 Å². The molecule has 0 fully saturated rings. The molecule has 0 aliphatic heterocycles. The minimum atomic E-state index is -0.544. The van der Waals surface area contributed by atoms with Gasteiger partial charge in [-0.3, -0.25) is 10.1 Å². The summed E-state index contributed by atoms with van der Waals surface area (Å²) in [5.74, 6) is 1.06. The van der Waals surface area contributed by atoms with E-state index in [1.54, 1.807) is 24.3 Å². The van der Waals surface area contributed by atoms with Gasteiger partial charge in [-0.15, -0.1) is 0 Å². The summed E-state index contributed by atoms with van der Waals surface area (Å²) >= 11 is 0. The monoisotopic (exact) mass is 414 g/mol. The molecular weight excluding hydrogens is 392 g/mol. The average molecular weight is 414 g/mol. The number of nitro groups is 1. The summed E-state index contributed by atoms with van der Waals surface area (Å²) in [6, 6.07) is 11.6. The molecule has 0 N–H and O–H groups in total. The van der Waals surface area contributed by atoms with Gasteiger partial charge in [-0.1, -0.05) is 0 Å². The number of ether oxygens (including phenoxy) is 5. The lowest BCUT2D eigenvalue weighted by Crippen LogP contribution is -2.08. The van der Waals surface area contributed by atoms with E-state index < -0.39 is 4.92 Å². The number of nitro benzene ring substituents is 1. The summed E-state index contributed by atoms with van der Waals surface area (Å²) < 4.78 is 26.0. The summed E-state index contributed by atoms with van der Waals surface area (Å²) in [5, 5.41) is 20.9. The number of allylic oxidation sites excluding steroid dienone is 1. The molecule has 0 spiro atoms. The molecule has 0 amide bonds. The highest BCUT2D eigenvalue weighted by atomic mass is 16.7. The zero-order valence-corrected chi connectivity index (χ0v) is 16.9. The fourth-order valence-corrected chi connectivity index (χ4v) is 2.54. The summed E-state index contributed by atoms with van der Waals surface area (Å²) in [6.45, 7) is 0.505. The Morgan fingerprint density at radius 1 is 1.07 bits per heavy atom. The van der Waals surface area contributed by atoms with Gasteiger partial charge in [0.2, 0.25) is 0 Å². The quantitative estimate of drug-likeness (QED) is 0.137. The first kappa shape index (κ1) is 22.7. The molecule has 0 atom stereocenters. The number of methoxy groups -OCH3 is 3. The number of hydrogen-bond acceptors (Lipinski definition) is 8. The van der Waals surface area contributed by atoms with Gasteiger partial charge in [0, 0.05) is 13.2 Å². The Morgan fingerprint density at radius 3 is 2.47 bits per heavy atom. The molecule has 2 aromatic rings. The molecule has 9 heteroatoms. The van der Waals surface area contributed by atoms with E-state index in [2.05, 4.69) is 6.07 Å². The largest absolute Gasteiger partial charge is 0.493 e. The van der Waals surface area contributed by atoms with E-state index in [9.17, 15) is 15.4 Å². The zero-order chi connectivity index (χ0) is 21.9. The van der Waals surface area contributed by atoms with Crippen molar-refractivity contribution in [2.75, 3.05) is 41.3 Å². The molecule has 158 valence electrons. The molecule has 0 aromatic heterocycles. The third-order valence-electron chi connectivity index (χ3n) is 4.04. The van der Waals surface area contributed by atoms with Crippen molar-refractivity contribution in [2.45, 2.75) is 0 Å². The number of nitrogens with zero attached hydrogens (tertiary/aromatic N) is 2. The van der Waals surface area contributed by atoms with E-state index >= 15 is 0 Å². The first-order valence-electron chi connectivity index (χ1n) is 8.86. The van der Waals surface area contributed by atoms with E-state index in [4.69, 9.17) is 23.7 Å². The third kappa shape index (κ3) is 5.94. The van der Waals surface area contributed by atoms with Crippen LogP contribution in [-0.4, -0.2) is 46.3 Å². The molecule has 2 rings (SSSR count). The lowest BCUT2D eigenvalue weighted by atomic mass is 10.0. The molecule has 0 saturated carbocycles. The van der Waals surface area contributed by atoms with E-state index in [1.807, 2.05) is 0 Å². The molecule has 0 radical (unpaired) electrons. The van der Waals surface area contributed by atoms with Crippen molar-refractivity contribution in [3.8, 4) is 23.3 Å². The number of rotatable bonds is 11. The van der Waals surface area contributed by atoms with Crippen LogP contribution >= 0.6 is 0 Å². The van der Waals surface area contributed by atoms with E-state index in [0.717, 1.165) is 0 Å². The molecule has 0 unspecified atom stereocenters. The van der Waals surface area contributed by atoms with Crippen LogP contribution in [0.2, 0.25) is 0 Å². The van der Waals surface area contributed by atoms with Crippen LogP contribution in [0.1, 0.15) is 11.1 Å². The van der Waals surface area contributed by atoms with E-state index in [-0.39, 0.29) is 18.2 Å². The Bertz CT molecular complexity index is 951. The predicted molar refractivity (Wildman–Crippen MR) is 109 cm³/mol. The van der Waals surface area contributed by atoms with Gasteiger partial charge < -0.3 is 23.7 Å². The molecule has 0 aliphatic carbocycles. The Hall–Kier alpha value is -3.61. The molecule has 0 saturated heterocycles. The summed E-state index contributed by atoms with van der Waals surface area (Å²) in [6.07, 6.45) is 1.60. The maximum atomic E-state index is 11.3. The Balaban J connectivity index is 2.32. The Morgan fingerprint density at radius 2 is 1.83 bits per heavy atom. The third-order valence-corrected chi connectivity index (χ3v) is 4.04. The highest BCUT2D eigenvalue weighted by Crippen LogP contribution is 2.32. The molecule has 2 aromatic carbocycles. The highest BCUT2D eigenvalue weighted by molar-refractivity contribution is 5.90. The predicted octanol–water partition coefficient (Wildman–Crippen LogP) is 3.68. The van der Waals surface area contributed by atoms with Crippen molar-refractivity contribution in [2.24, 2.45) is 0 Å². The summed E-state index contributed by atoms with van der Waals surface area (Å²) in [4.78, 5) is 10.7. The SMILES string of the molecule is COCCOCOc1cc(C=C(C#N)c2ccc(OC)c(OC)c2)ccc1[N+](=O)[O-]. The lowest BCUT2D eigenvalue weighted by molar-refractivity contribution is -0.386. The van der Waals surface area contributed by atoms with Crippen molar-refractivity contribution in [3.63, 3.8) is 0 Å². The number of hydrogen-bond donors (Lipinski definition) is 0. The van der Waals surface area contributed by atoms with Gasteiger partial charge in [-0.25, -0.2) is 0 Å². The van der Waals surface area contributed by atoms with Crippen molar-refractivity contribution >= 4 is 17.3 Å². The van der Waals surface area contributed by atoms with Crippen LogP contribution in [0.5, 0.6) is 17.2 Å². The Kier molecular flexibility index (Phi) is 8.62. The van der Waals surface area contributed by atoms with Crippen LogP contribution in [0, 0.1) is 21.4 Å².